The third kappa shape index (κ3) is 6.19. The summed E-state index contributed by atoms with van der Waals surface area (Å²) in [5, 5.41) is 11.5. The fraction of sp³-hybridized carbons (Fsp3) is 0. The van der Waals surface area contributed by atoms with Gasteiger partial charge in [0.1, 0.15) is 0 Å². The van der Waals surface area contributed by atoms with Gasteiger partial charge in [-0.2, -0.15) is 0 Å². The minimum Gasteiger partial charge on any atom is -0.399 e. The van der Waals surface area contributed by atoms with Gasteiger partial charge in [-0.1, -0.05) is 60.2 Å². The van der Waals surface area contributed by atoms with Crippen LogP contribution in [0.5, 0.6) is 0 Å². The number of halogens is 1. The van der Waals surface area contributed by atoms with E-state index in [4.69, 9.17) is 17.3 Å². The highest BCUT2D eigenvalue weighted by atomic mass is 35.5. The molecule has 3 aromatic rings. The fourth-order valence-electron chi connectivity index (χ4n) is 2.60. The van der Waals surface area contributed by atoms with E-state index in [-0.39, 0.29) is 5.69 Å². The normalized spacial score (nSPS) is 12.0. The molecule has 2 N–H and O–H groups in total. The molecule has 0 bridgehead atoms. The lowest BCUT2D eigenvalue weighted by Crippen LogP contribution is -1.86. The molecular formula is C24H19ClN2O2. The second-order valence-corrected chi connectivity index (χ2v) is 6.81. The Kier molecular flexibility index (Phi) is 6.61. The minimum atomic E-state index is -0.408. The van der Waals surface area contributed by atoms with Gasteiger partial charge < -0.3 is 5.73 Å². The zero-order valence-corrected chi connectivity index (χ0v) is 16.3. The van der Waals surface area contributed by atoms with Crippen molar-refractivity contribution >= 4 is 41.2 Å². The zero-order valence-electron chi connectivity index (χ0n) is 15.5. The van der Waals surface area contributed by atoms with Crippen LogP contribution in [0.4, 0.5) is 11.4 Å². The van der Waals surface area contributed by atoms with Crippen LogP contribution in [0, 0.1) is 10.1 Å². The van der Waals surface area contributed by atoms with E-state index >= 15 is 0 Å². The van der Waals surface area contributed by atoms with Crippen molar-refractivity contribution in [2.75, 3.05) is 5.73 Å². The number of benzene rings is 3. The fourth-order valence-corrected chi connectivity index (χ4v) is 2.73. The SMILES string of the molecule is Nc1ccc(C=C(C=Cc2ccc(Cl)cc2)C=Cc2ccc([N+](=O)[O-])cc2)cc1. The van der Waals surface area contributed by atoms with Crippen LogP contribution in [0.15, 0.2) is 90.5 Å². The van der Waals surface area contributed by atoms with Crippen LogP contribution in [0.3, 0.4) is 0 Å². The van der Waals surface area contributed by atoms with Gasteiger partial charge in [0, 0.05) is 22.8 Å². The molecule has 0 unspecified atom stereocenters. The highest BCUT2D eigenvalue weighted by molar-refractivity contribution is 6.30. The summed E-state index contributed by atoms with van der Waals surface area (Å²) in [7, 11) is 0. The third-order valence-corrected chi connectivity index (χ3v) is 4.43. The summed E-state index contributed by atoms with van der Waals surface area (Å²) in [5.74, 6) is 0. The molecule has 144 valence electrons. The van der Waals surface area contributed by atoms with Crippen LogP contribution in [0.25, 0.3) is 18.2 Å². The van der Waals surface area contributed by atoms with Crippen LogP contribution < -0.4 is 5.73 Å². The van der Waals surface area contributed by atoms with Crippen molar-refractivity contribution in [1.82, 2.24) is 0 Å². The predicted octanol–water partition coefficient (Wildman–Crippen LogP) is 6.64. The van der Waals surface area contributed by atoms with Crippen molar-refractivity contribution in [2.24, 2.45) is 0 Å². The highest BCUT2D eigenvalue weighted by Gasteiger charge is 2.02. The van der Waals surface area contributed by atoms with E-state index in [1.54, 1.807) is 12.1 Å². The number of hydrogen-bond donors (Lipinski definition) is 1. The molecule has 0 spiro atoms. The standard InChI is InChI=1S/C24H19ClN2O2/c25-22-11-5-18(6-12-22)1-3-20(17-21-7-13-23(26)14-8-21)4-2-19-9-15-24(16-10-19)27(28)29/h1-17H,26H2. The minimum absolute atomic E-state index is 0.0717. The molecule has 0 aliphatic rings. The zero-order chi connectivity index (χ0) is 20.6. The summed E-state index contributed by atoms with van der Waals surface area (Å²) < 4.78 is 0. The first-order valence-corrected chi connectivity index (χ1v) is 9.31. The van der Waals surface area contributed by atoms with Crippen molar-refractivity contribution in [3.8, 4) is 0 Å². The topological polar surface area (TPSA) is 69.2 Å². The predicted molar refractivity (Wildman–Crippen MR) is 121 cm³/mol. The van der Waals surface area contributed by atoms with E-state index in [1.165, 1.54) is 12.1 Å². The number of anilines is 1. The lowest BCUT2D eigenvalue weighted by Gasteiger charge is -2.00. The summed E-state index contributed by atoms with van der Waals surface area (Å²) in [4.78, 5) is 10.4. The van der Waals surface area contributed by atoms with Crippen LogP contribution in [0.1, 0.15) is 16.7 Å². The smallest absolute Gasteiger partial charge is 0.269 e. The first-order chi connectivity index (χ1) is 14.0. The number of nitrogens with two attached hydrogens (primary N) is 1. The first kappa shape index (κ1) is 20.1. The van der Waals surface area contributed by atoms with Crippen LogP contribution in [-0.4, -0.2) is 4.92 Å². The summed E-state index contributed by atoms with van der Waals surface area (Å²) in [6.45, 7) is 0. The molecule has 3 aromatic carbocycles. The molecule has 0 aliphatic carbocycles. The Bertz CT molecular complexity index is 1070. The number of rotatable bonds is 6. The van der Waals surface area contributed by atoms with Crippen molar-refractivity contribution < 1.29 is 4.92 Å². The summed E-state index contributed by atoms with van der Waals surface area (Å²) in [5.41, 5.74) is 10.4. The van der Waals surface area contributed by atoms with E-state index in [0.717, 1.165) is 22.3 Å². The molecule has 29 heavy (non-hydrogen) atoms. The van der Waals surface area contributed by atoms with E-state index in [9.17, 15) is 10.1 Å². The Labute approximate surface area is 174 Å². The highest BCUT2D eigenvalue weighted by Crippen LogP contribution is 2.18. The molecule has 0 radical (unpaired) electrons. The lowest BCUT2D eigenvalue weighted by molar-refractivity contribution is -0.384. The Morgan fingerprint density at radius 1 is 0.793 bits per heavy atom. The Morgan fingerprint density at radius 2 is 1.28 bits per heavy atom. The molecule has 0 saturated carbocycles. The van der Waals surface area contributed by atoms with Crippen molar-refractivity contribution in [3.05, 3.63) is 122 Å². The molecule has 0 amide bonds. The van der Waals surface area contributed by atoms with E-state index < -0.39 is 4.92 Å². The molecule has 0 fully saturated rings. The molecule has 0 heterocycles. The van der Waals surface area contributed by atoms with Crippen molar-refractivity contribution in [1.29, 1.82) is 0 Å². The van der Waals surface area contributed by atoms with Gasteiger partial charge in [0.25, 0.3) is 5.69 Å². The third-order valence-electron chi connectivity index (χ3n) is 4.18. The molecule has 0 saturated heterocycles. The maximum Gasteiger partial charge on any atom is 0.269 e. The van der Waals surface area contributed by atoms with Crippen molar-refractivity contribution in [2.45, 2.75) is 0 Å². The van der Waals surface area contributed by atoms with E-state index in [2.05, 4.69) is 0 Å². The largest absolute Gasteiger partial charge is 0.399 e. The number of nitro groups is 1. The first-order valence-electron chi connectivity index (χ1n) is 8.93. The second kappa shape index (κ2) is 9.53. The number of nitrogen functional groups attached to an aromatic ring is 1. The van der Waals surface area contributed by atoms with Crippen LogP contribution in [0.2, 0.25) is 5.02 Å². The molecule has 5 heteroatoms. The van der Waals surface area contributed by atoms with Gasteiger partial charge in [0.2, 0.25) is 0 Å². The van der Waals surface area contributed by atoms with Crippen molar-refractivity contribution in [3.63, 3.8) is 0 Å². The Hall–Kier alpha value is -3.63. The molecule has 3 rings (SSSR count). The van der Waals surface area contributed by atoms with Gasteiger partial charge in [-0.15, -0.1) is 0 Å². The summed E-state index contributed by atoms with van der Waals surface area (Å²) >= 11 is 5.94. The van der Waals surface area contributed by atoms with Gasteiger partial charge in [0.05, 0.1) is 4.92 Å². The molecule has 0 atom stereocenters. The monoisotopic (exact) mass is 402 g/mol. The number of nitrogens with zero attached hydrogens (tertiary/aromatic N) is 1. The number of hydrogen-bond acceptors (Lipinski definition) is 3. The lowest BCUT2D eigenvalue weighted by atomic mass is 10.1. The Morgan fingerprint density at radius 3 is 1.79 bits per heavy atom. The maximum absolute atomic E-state index is 10.8. The van der Waals surface area contributed by atoms with Gasteiger partial charge in [-0.05, 0) is 64.7 Å². The van der Waals surface area contributed by atoms with Crippen LogP contribution in [-0.2, 0) is 0 Å². The molecule has 0 aromatic heterocycles. The summed E-state index contributed by atoms with van der Waals surface area (Å²) in [6.07, 6.45) is 9.91. The molecule has 0 aliphatic heterocycles. The van der Waals surface area contributed by atoms with Gasteiger partial charge in [-0.3, -0.25) is 10.1 Å². The quantitative estimate of drug-likeness (QED) is 0.217. The molecular weight excluding hydrogens is 384 g/mol. The van der Waals surface area contributed by atoms with Gasteiger partial charge >= 0.3 is 0 Å². The average molecular weight is 403 g/mol. The van der Waals surface area contributed by atoms with Gasteiger partial charge in [0.15, 0.2) is 0 Å². The van der Waals surface area contributed by atoms with Gasteiger partial charge in [-0.25, -0.2) is 0 Å². The number of non-ortho nitro benzene ring substituents is 1. The average Bonchev–Trinajstić information content (AvgIpc) is 2.73. The number of nitro benzene ring substituents is 1. The van der Waals surface area contributed by atoms with Crippen LogP contribution >= 0.6 is 11.6 Å². The Balaban J connectivity index is 1.87. The second-order valence-electron chi connectivity index (χ2n) is 6.38. The molecule has 4 nitrogen and oxygen atoms in total. The van der Waals surface area contributed by atoms with E-state index in [0.29, 0.717) is 10.7 Å². The maximum atomic E-state index is 10.8. The summed E-state index contributed by atoms with van der Waals surface area (Å²) in [6, 6.07) is 21.6. The van der Waals surface area contributed by atoms with E-state index in [1.807, 2.05) is 78.9 Å². The number of allylic oxidation sites excluding steroid dienone is 3.